The van der Waals surface area contributed by atoms with Gasteiger partial charge in [0.2, 0.25) is 0 Å². The monoisotopic (exact) mass is 258 g/mol. The minimum atomic E-state index is 0.795. The number of nitrogens with two attached hydrogens (primary N) is 1. The van der Waals surface area contributed by atoms with Crippen molar-refractivity contribution in [2.75, 3.05) is 5.73 Å². The van der Waals surface area contributed by atoms with E-state index in [0.717, 1.165) is 30.2 Å². The van der Waals surface area contributed by atoms with Crippen molar-refractivity contribution in [1.82, 2.24) is 4.90 Å². The number of anilines is 1. The molecule has 0 aliphatic heterocycles. The summed E-state index contributed by atoms with van der Waals surface area (Å²) in [6.45, 7) is 3.45. The second-order valence-electron chi connectivity index (χ2n) is 6.52. The molecule has 0 radical (unpaired) electrons. The number of nitrogens with zero attached hydrogens (tertiary/aromatic N) is 1. The van der Waals surface area contributed by atoms with Crippen LogP contribution in [0.5, 0.6) is 0 Å². The van der Waals surface area contributed by atoms with E-state index in [0.29, 0.717) is 0 Å². The van der Waals surface area contributed by atoms with Crippen LogP contribution in [-0.4, -0.2) is 17.0 Å². The number of rotatable bonds is 4. The van der Waals surface area contributed by atoms with Crippen LogP contribution in [-0.2, 0) is 6.54 Å². The third kappa shape index (κ3) is 3.11. The Kier molecular flexibility index (Phi) is 3.79. The van der Waals surface area contributed by atoms with Crippen molar-refractivity contribution < 1.29 is 0 Å². The SMILES string of the molecule is CC1CCC(N(Cc2ccccc2N)C2CC2)CC1. The topological polar surface area (TPSA) is 29.3 Å². The molecule has 0 unspecified atom stereocenters. The van der Waals surface area contributed by atoms with E-state index in [2.05, 4.69) is 24.0 Å². The van der Waals surface area contributed by atoms with Crippen molar-refractivity contribution in [2.45, 2.75) is 64.1 Å². The normalized spacial score (nSPS) is 27.7. The molecule has 0 amide bonds. The minimum absolute atomic E-state index is 0.795. The first kappa shape index (κ1) is 13.0. The Labute approximate surface area is 117 Å². The molecule has 0 heterocycles. The van der Waals surface area contributed by atoms with E-state index in [4.69, 9.17) is 5.73 Å². The molecule has 2 fully saturated rings. The van der Waals surface area contributed by atoms with Crippen LogP contribution in [0.1, 0.15) is 51.0 Å². The van der Waals surface area contributed by atoms with E-state index in [1.165, 1.54) is 44.1 Å². The van der Waals surface area contributed by atoms with Gasteiger partial charge in [0.25, 0.3) is 0 Å². The molecule has 2 aliphatic rings. The maximum atomic E-state index is 6.11. The summed E-state index contributed by atoms with van der Waals surface area (Å²) in [5.41, 5.74) is 8.38. The third-order valence-corrected chi connectivity index (χ3v) is 4.88. The molecule has 1 aromatic carbocycles. The summed E-state index contributed by atoms with van der Waals surface area (Å²) in [5, 5.41) is 0. The van der Waals surface area contributed by atoms with Crippen LogP contribution in [0.15, 0.2) is 24.3 Å². The van der Waals surface area contributed by atoms with Crippen LogP contribution < -0.4 is 5.73 Å². The van der Waals surface area contributed by atoms with E-state index in [9.17, 15) is 0 Å². The molecule has 0 aromatic heterocycles. The predicted molar refractivity (Wildman–Crippen MR) is 80.8 cm³/mol. The van der Waals surface area contributed by atoms with Gasteiger partial charge < -0.3 is 5.73 Å². The molecular weight excluding hydrogens is 232 g/mol. The van der Waals surface area contributed by atoms with E-state index in [1.54, 1.807) is 0 Å². The Balaban J connectivity index is 1.69. The van der Waals surface area contributed by atoms with Crippen molar-refractivity contribution in [3.8, 4) is 0 Å². The summed E-state index contributed by atoms with van der Waals surface area (Å²) in [7, 11) is 0. The molecule has 3 rings (SSSR count). The van der Waals surface area contributed by atoms with Crippen molar-refractivity contribution in [3.63, 3.8) is 0 Å². The Morgan fingerprint density at radius 1 is 1.00 bits per heavy atom. The van der Waals surface area contributed by atoms with Gasteiger partial charge in [-0.1, -0.05) is 25.1 Å². The Hall–Kier alpha value is -1.02. The van der Waals surface area contributed by atoms with Crippen molar-refractivity contribution in [3.05, 3.63) is 29.8 Å². The lowest BCUT2D eigenvalue weighted by Gasteiger charge is -2.36. The molecular formula is C17H26N2. The number of hydrogen-bond donors (Lipinski definition) is 1. The summed E-state index contributed by atoms with van der Waals surface area (Å²) in [6.07, 6.45) is 8.34. The molecule has 104 valence electrons. The summed E-state index contributed by atoms with van der Waals surface area (Å²) in [5.74, 6) is 0.930. The molecule has 2 saturated carbocycles. The van der Waals surface area contributed by atoms with E-state index < -0.39 is 0 Å². The maximum Gasteiger partial charge on any atom is 0.0359 e. The lowest BCUT2D eigenvalue weighted by atomic mass is 9.86. The minimum Gasteiger partial charge on any atom is -0.398 e. The Bertz CT molecular complexity index is 417. The third-order valence-electron chi connectivity index (χ3n) is 4.88. The summed E-state index contributed by atoms with van der Waals surface area (Å²) in [6, 6.07) is 9.99. The predicted octanol–water partition coefficient (Wildman–Crippen LogP) is 3.81. The molecule has 2 heteroatoms. The first-order chi connectivity index (χ1) is 9.24. The van der Waals surface area contributed by atoms with Gasteiger partial charge in [0, 0.05) is 24.3 Å². The van der Waals surface area contributed by atoms with Gasteiger partial charge in [0.05, 0.1) is 0 Å². The second kappa shape index (κ2) is 5.54. The van der Waals surface area contributed by atoms with Crippen LogP contribution in [0.2, 0.25) is 0 Å². The van der Waals surface area contributed by atoms with E-state index in [-0.39, 0.29) is 0 Å². The zero-order valence-electron chi connectivity index (χ0n) is 12.0. The first-order valence-corrected chi connectivity index (χ1v) is 7.83. The van der Waals surface area contributed by atoms with Gasteiger partial charge in [-0.25, -0.2) is 0 Å². The van der Waals surface area contributed by atoms with Crippen LogP contribution >= 0.6 is 0 Å². The van der Waals surface area contributed by atoms with Crippen molar-refractivity contribution in [2.24, 2.45) is 5.92 Å². The lowest BCUT2D eigenvalue weighted by Crippen LogP contribution is -2.39. The first-order valence-electron chi connectivity index (χ1n) is 7.83. The van der Waals surface area contributed by atoms with Crippen molar-refractivity contribution in [1.29, 1.82) is 0 Å². The zero-order valence-corrected chi connectivity index (χ0v) is 12.0. The van der Waals surface area contributed by atoms with Crippen LogP contribution in [0.4, 0.5) is 5.69 Å². The van der Waals surface area contributed by atoms with Gasteiger partial charge in [-0.3, -0.25) is 4.90 Å². The smallest absolute Gasteiger partial charge is 0.0359 e. The molecule has 2 N–H and O–H groups in total. The average Bonchev–Trinajstić information content (AvgIpc) is 3.24. The highest BCUT2D eigenvalue weighted by Crippen LogP contribution is 2.36. The molecule has 2 aliphatic carbocycles. The zero-order chi connectivity index (χ0) is 13.2. The summed E-state index contributed by atoms with van der Waals surface area (Å²) >= 11 is 0. The highest BCUT2D eigenvalue weighted by molar-refractivity contribution is 5.46. The summed E-state index contributed by atoms with van der Waals surface area (Å²) < 4.78 is 0. The number of para-hydroxylation sites is 1. The Morgan fingerprint density at radius 2 is 1.58 bits per heavy atom. The molecule has 0 bridgehead atoms. The second-order valence-corrected chi connectivity index (χ2v) is 6.52. The number of hydrogen-bond acceptors (Lipinski definition) is 2. The van der Waals surface area contributed by atoms with Gasteiger partial charge in [0.1, 0.15) is 0 Å². The van der Waals surface area contributed by atoms with Gasteiger partial charge in [0.15, 0.2) is 0 Å². The fourth-order valence-corrected chi connectivity index (χ4v) is 3.41. The quantitative estimate of drug-likeness (QED) is 0.832. The van der Waals surface area contributed by atoms with Gasteiger partial charge in [-0.15, -0.1) is 0 Å². The fourth-order valence-electron chi connectivity index (χ4n) is 3.41. The fraction of sp³-hybridized carbons (Fsp3) is 0.647. The lowest BCUT2D eigenvalue weighted by molar-refractivity contribution is 0.124. The van der Waals surface area contributed by atoms with E-state index >= 15 is 0 Å². The van der Waals surface area contributed by atoms with Crippen LogP contribution in [0.3, 0.4) is 0 Å². The number of benzene rings is 1. The van der Waals surface area contributed by atoms with Crippen LogP contribution in [0.25, 0.3) is 0 Å². The Morgan fingerprint density at radius 3 is 2.16 bits per heavy atom. The summed E-state index contributed by atoms with van der Waals surface area (Å²) in [4.78, 5) is 2.75. The largest absolute Gasteiger partial charge is 0.398 e. The molecule has 2 nitrogen and oxygen atoms in total. The average molecular weight is 258 g/mol. The van der Waals surface area contributed by atoms with Gasteiger partial charge in [-0.2, -0.15) is 0 Å². The molecule has 0 saturated heterocycles. The molecule has 19 heavy (non-hydrogen) atoms. The van der Waals surface area contributed by atoms with Gasteiger partial charge in [-0.05, 0) is 56.1 Å². The van der Waals surface area contributed by atoms with Gasteiger partial charge >= 0.3 is 0 Å². The highest BCUT2D eigenvalue weighted by Gasteiger charge is 2.35. The molecule has 0 spiro atoms. The maximum absolute atomic E-state index is 6.11. The van der Waals surface area contributed by atoms with Crippen LogP contribution in [0, 0.1) is 5.92 Å². The van der Waals surface area contributed by atoms with E-state index in [1.807, 2.05) is 12.1 Å². The standard InChI is InChI=1S/C17H26N2/c1-13-6-8-15(9-7-13)19(16-10-11-16)12-14-4-2-3-5-17(14)18/h2-5,13,15-16H,6-12,18H2,1H3. The highest BCUT2D eigenvalue weighted by atomic mass is 15.2. The van der Waals surface area contributed by atoms with Crippen molar-refractivity contribution >= 4 is 5.69 Å². The molecule has 0 atom stereocenters. The molecule has 1 aromatic rings. The number of nitrogen functional groups attached to an aromatic ring is 1.